The Labute approximate surface area is 477 Å². The van der Waals surface area contributed by atoms with Crippen LogP contribution in [0.4, 0.5) is 0 Å². The summed E-state index contributed by atoms with van der Waals surface area (Å²) in [6.45, 7) is 4.70. The highest BCUT2D eigenvalue weighted by molar-refractivity contribution is 7.47. The van der Waals surface area contributed by atoms with E-state index < -0.39 is 20.0 Å². The maximum absolute atomic E-state index is 13.0. The van der Waals surface area contributed by atoms with Gasteiger partial charge in [-0.1, -0.05) is 284 Å². The minimum atomic E-state index is -4.36. The van der Waals surface area contributed by atoms with Crippen LogP contribution in [0.2, 0.25) is 0 Å². The number of likely N-dealkylation sites (N-methyl/N-ethyl adjacent to an activating group) is 1. The number of quaternary nitrogens is 1. The van der Waals surface area contributed by atoms with E-state index in [1.807, 2.05) is 27.2 Å². The molecular formula is C68H124N2O6P+. The number of nitrogens with zero attached hydrogens (tertiary/aromatic N) is 1. The number of carbonyl (C=O) groups is 1. The number of nitrogens with one attached hydrogen (secondary N) is 1. The summed E-state index contributed by atoms with van der Waals surface area (Å²) in [5.41, 5.74) is 0. The van der Waals surface area contributed by atoms with E-state index in [1.165, 1.54) is 180 Å². The summed E-state index contributed by atoms with van der Waals surface area (Å²) in [5, 5.41) is 13.9. The molecule has 3 atom stereocenters. The van der Waals surface area contributed by atoms with Gasteiger partial charge in [0.2, 0.25) is 5.91 Å². The fourth-order valence-electron chi connectivity index (χ4n) is 9.06. The smallest absolute Gasteiger partial charge is 0.387 e. The Bertz CT molecular complexity index is 1570. The van der Waals surface area contributed by atoms with Crippen molar-refractivity contribution in [3.05, 3.63) is 97.2 Å². The van der Waals surface area contributed by atoms with E-state index in [0.29, 0.717) is 17.4 Å². The van der Waals surface area contributed by atoms with Crippen LogP contribution in [0.25, 0.3) is 0 Å². The van der Waals surface area contributed by atoms with Gasteiger partial charge in [0.25, 0.3) is 0 Å². The van der Waals surface area contributed by atoms with Crippen LogP contribution in [0.5, 0.6) is 0 Å². The molecule has 0 radical (unpaired) electrons. The Morgan fingerprint density at radius 2 is 0.792 bits per heavy atom. The van der Waals surface area contributed by atoms with Gasteiger partial charge < -0.3 is 19.8 Å². The summed E-state index contributed by atoms with van der Waals surface area (Å²) in [7, 11) is 1.55. The average Bonchev–Trinajstić information content (AvgIpc) is 3.39. The maximum Gasteiger partial charge on any atom is 0.472 e. The minimum absolute atomic E-state index is 0.0537. The first kappa shape index (κ1) is 74.4. The molecule has 0 aromatic carbocycles. The summed E-state index contributed by atoms with van der Waals surface area (Å²) in [6, 6.07) is -0.868. The molecule has 3 unspecified atom stereocenters. The molecule has 0 rings (SSSR count). The zero-order valence-corrected chi connectivity index (χ0v) is 51.8. The molecule has 0 aromatic rings. The highest BCUT2D eigenvalue weighted by atomic mass is 31.2. The normalized spacial score (nSPS) is 14.4. The van der Waals surface area contributed by atoms with Gasteiger partial charge in [0.05, 0.1) is 39.9 Å². The van der Waals surface area contributed by atoms with Crippen LogP contribution in [-0.4, -0.2) is 73.4 Å². The Kier molecular flexibility index (Phi) is 56.1. The molecule has 8 nitrogen and oxygen atoms in total. The predicted octanol–water partition coefficient (Wildman–Crippen LogP) is 20.2. The molecule has 9 heteroatoms. The first-order valence-corrected chi connectivity index (χ1v) is 33.6. The van der Waals surface area contributed by atoms with E-state index in [1.54, 1.807) is 6.08 Å². The SMILES string of the molecule is CC/C=C\C/C=C\C/C=C\C/C=C\C/C=C\C/C=C\CCCCCCCCCCCCCCCCCCC(=O)NC(COP(=O)(O)OCC[N+](C)(C)C)C(O)/C=C/CC/C=C/CCCCCCCCCCCCCCCC. The fraction of sp³-hybridized carbons (Fsp3) is 0.750. The third kappa shape index (κ3) is 60.9. The van der Waals surface area contributed by atoms with E-state index in [9.17, 15) is 19.4 Å². The summed E-state index contributed by atoms with van der Waals surface area (Å²) in [6.07, 6.45) is 83.9. The molecule has 0 bridgehead atoms. The lowest BCUT2D eigenvalue weighted by Crippen LogP contribution is -2.45. The lowest BCUT2D eigenvalue weighted by molar-refractivity contribution is -0.870. The maximum atomic E-state index is 13.0. The molecule has 0 saturated carbocycles. The molecule has 0 aromatic heterocycles. The van der Waals surface area contributed by atoms with Gasteiger partial charge in [-0.2, -0.15) is 0 Å². The third-order valence-corrected chi connectivity index (χ3v) is 15.0. The summed E-state index contributed by atoms with van der Waals surface area (Å²) >= 11 is 0. The lowest BCUT2D eigenvalue weighted by atomic mass is 10.0. The lowest BCUT2D eigenvalue weighted by Gasteiger charge is -2.25. The number of carbonyl (C=O) groups excluding carboxylic acids is 1. The minimum Gasteiger partial charge on any atom is -0.387 e. The third-order valence-electron chi connectivity index (χ3n) is 14.0. The van der Waals surface area contributed by atoms with E-state index in [4.69, 9.17) is 9.05 Å². The molecule has 0 spiro atoms. The van der Waals surface area contributed by atoms with Crippen LogP contribution in [0.1, 0.15) is 277 Å². The number of rotatable bonds is 58. The number of aliphatic hydroxyl groups is 1. The first-order valence-electron chi connectivity index (χ1n) is 32.1. The molecule has 3 N–H and O–H groups in total. The molecule has 0 aliphatic heterocycles. The van der Waals surface area contributed by atoms with Crippen molar-refractivity contribution in [2.45, 2.75) is 289 Å². The summed E-state index contributed by atoms with van der Waals surface area (Å²) in [4.78, 5) is 23.4. The molecule has 0 saturated heterocycles. The van der Waals surface area contributed by atoms with Gasteiger partial charge in [0.1, 0.15) is 13.2 Å². The van der Waals surface area contributed by atoms with Crippen LogP contribution >= 0.6 is 7.82 Å². The van der Waals surface area contributed by atoms with Crippen LogP contribution in [-0.2, 0) is 18.4 Å². The number of hydrogen-bond donors (Lipinski definition) is 3. The Hall–Kier alpha value is -2.58. The Morgan fingerprint density at radius 1 is 0.455 bits per heavy atom. The average molecular weight is 1100 g/mol. The van der Waals surface area contributed by atoms with Crippen LogP contribution < -0.4 is 5.32 Å². The van der Waals surface area contributed by atoms with Gasteiger partial charge in [-0.3, -0.25) is 13.8 Å². The van der Waals surface area contributed by atoms with Gasteiger partial charge in [0.15, 0.2) is 0 Å². The van der Waals surface area contributed by atoms with Crippen molar-refractivity contribution in [2.75, 3.05) is 40.9 Å². The summed E-state index contributed by atoms with van der Waals surface area (Å²) < 4.78 is 23.7. The van der Waals surface area contributed by atoms with E-state index in [0.717, 1.165) is 77.0 Å². The van der Waals surface area contributed by atoms with Gasteiger partial charge in [0, 0.05) is 6.42 Å². The van der Waals surface area contributed by atoms with Crippen molar-refractivity contribution in [2.24, 2.45) is 0 Å². The second-order valence-electron chi connectivity index (χ2n) is 22.7. The second kappa shape index (κ2) is 58.1. The second-order valence-corrected chi connectivity index (χ2v) is 24.2. The highest BCUT2D eigenvalue weighted by Crippen LogP contribution is 2.43. The van der Waals surface area contributed by atoms with Crippen molar-refractivity contribution in [3.63, 3.8) is 0 Å². The van der Waals surface area contributed by atoms with E-state index >= 15 is 0 Å². The molecule has 1 amide bonds. The van der Waals surface area contributed by atoms with Gasteiger partial charge in [-0.25, -0.2) is 4.57 Å². The largest absolute Gasteiger partial charge is 0.472 e. The predicted molar refractivity (Wildman–Crippen MR) is 336 cm³/mol. The summed E-state index contributed by atoms with van der Waals surface area (Å²) in [5.74, 6) is -0.187. The Morgan fingerprint density at radius 3 is 1.19 bits per heavy atom. The van der Waals surface area contributed by atoms with Crippen molar-refractivity contribution in [1.29, 1.82) is 0 Å². The molecule has 0 heterocycles. The number of unbranched alkanes of at least 4 members (excludes halogenated alkanes) is 31. The van der Waals surface area contributed by atoms with E-state index in [2.05, 4.69) is 104 Å². The van der Waals surface area contributed by atoms with Crippen LogP contribution in [0.15, 0.2) is 97.2 Å². The number of allylic oxidation sites excluding steroid dienone is 15. The molecule has 446 valence electrons. The zero-order chi connectivity index (χ0) is 56.3. The van der Waals surface area contributed by atoms with Crippen LogP contribution in [0.3, 0.4) is 0 Å². The van der Waals surface area contributed by atoms with E-state index in [-0.39, 0.29) is 19.1 Å². The Balaban J connectivity index is 4.11. The fourth-order valence-corrected chi connectivity index (χ4v) is 9.80. The number of phosphoric ester groups is 1. The van der Waals surface area contributed by atoms with Crippen molar-refractivity contribution in [3.8, 4) is 0 Å². The molecule has 0 aliphatic rings. The zero-order valence-electron chi connectivity index (χ0n) is 50.9. The monoisotopic (exact) mass is 1100 g/mol. The van der Waals surface area contributed by atoms with Gasteiger partial charge in [-0.05, 0) is 83.5 Å². The van der Waals surface area contributed by atoms with Crippen molar-refractivity contribution >= 4 is 13.7 Å². The van der Waals surface area contributed by atoms with Crippen molar-refractivity contribution < 1.29 is 32.9 Å². The first-order chi connectivity index (χ1) is 37.5. The number of hydrogen-bond acceptors (Lipinski definition) is 5. The molecular weight excluding hydrogens is 972 g/mol. The molecule has 77 heavy (non-hydrogen) atoms. The number of aliphatic hydroxyl groups excluding tert-OH is 1. The van der Waals surface area contributed by atoms with Gasteiger partial charge in [-0.15, -0.1) is 0 Å². The number of phosphoric acid groups is 1. The number of amides is 1. The van der Waals surface area contributed by atoms with Crippen molar-refractivity contribution in [1.82, 2.24) is 5.32 Å². The standard InChI is InChI=1S/C68H123N2O6P/c1-6-8-10-12-14-16-18-20-22-24-26-28-29-30-31-32-33-34-35-36-37-38-39-40-41-42-44-46-48-50-52-54-56-58-60-62-68(72)69-66(65-76-77(73,74)75-64-63-70(3,4)5)67(71)61-59-57-55-53-51-49-47-45-43-27-25-23-21-19-17-15-13-11-9-7-2/h8,10,14,16,20,22,26,28,30-31,33-34,51,53,59,61,66-67,71H,6-7,9,11-13,15,17-19,21,23-25,27,29,32,35-50,52,54-58,60,62-65H2,1-5H3,(H-,69,72,73,74)/p+1/b10-8-,16-14-,22-20-,28-26-,31-30-,34-33-,53-51+,61-59+. The highest BCUT2D eigenvalue weighted by Gasteiger charge is 2.27. The van der Waals surface area contributed by atoms with Gasteiger partial charge >= 0.3 is 7.82 Å². The topological polar surface area (TPSA) is 105 Å². The van der Waals surface area contributed by atoms with Crippen LogP contribution in [0, 0.1) is 0 Å². The molecule has 0 fully saturated rings. The molecule has 0 aliphatic carbocycles. The quantitative estimate of drug-likeness (QED) is 0.0243.